The van der Waals surface area contributed by atoms with E-state index >= 15 is 0 Å². The Kier molecular flexibility index (Phi) is 4.88. The van der Waals surface area contributed by atoms with Crippen LogP contribution in [0.1, 0.15) is 22.3 Å². The number of para-hydroxylation sites is 1. The Bertz CT molecular complexity index is 682. The normalized spacial score (nSPS) is 10.7. The number of hydrogen-bond donors (Lipinski definition) is 2. The number of nitrogens with zero attached hydrogens (tertiary/aromatic N) is 2. The van der Waals surface area contributed by atoms with Gasteiger partial charge in [0.25, 0.3) is 0 Å². The molecule has 2 N–H and O–H groups in total. The second kappa shape index (κ2) is 6.85. The monoisotopic (exact) mass is 296 g/mol. The Morgan fingerprint density at radius 3 is 1.91 bits per heavy atom. The number of hydrazine groups is 1. The molecule has 0 aliphatic carbocycles. The first-order valence-electron chi connectivity index (χ1n) is 7.09. The molecule has 114 valence electrons. The van der Waals surface area contributed by atoms with Crippen molar-refractivity contribution in [3.8, 4) is 0 Å². The van der Waals surface area contributed by atoms with Gasteiger partial charge in [0, 0.05) is 0 Å². The van der Waals surface area contributed by atoms with Crippen molar-refractivity contribution < 1.29 is 4.79 Å². The molecule has 0 aliphatic rings. The van der Waals surface area contributed by atoms with E-state index in [1.54, 1.807) is 0 Å². The van der Waals surface area contributed by atoms with Crippen LogP contribution in [0.15, 0.2) is 46.6 Å². The van der Waals surface area contributed by atoms with Crippen LogP contribution in [0.2, 0.25) is 0 Å². The van der Waals surface area contributed by atoms with E-state index in [1.165, 1.54) is 0 Å². The third kappa shape index (κ3) is 3.69. The molecular weight excluding hydrogens is 276 g/mol. The van der Waals surface area contributed by atoms with Gasteiger partial charge in [-0.05, 0) is 49.9 Å². The topological polar surface area (TPSA) is 65.8 Å². The fourth-order valence-corrected chi connectivity index (χ4v) is 2.21. The fourth-order valence-electron chi connectivity index (χ4n) is 2.21. The Hall–Kier alpha value is -2.69. The summed E-state index contributed by atoms with van der Waals surface area (Å²) in [7, 11) is 0. The highest BCUT2D eigenvalue weighted by Crippen LogP contribution is 2.23. The summed E-state index contributed by atoms with van der Waals surface area (Å²) < 4.78 is 0. The molecular formula is C17H20N4O. The molecule has 2 aromatic rings. The van der Waals surface area contributed by atoms with Crippen molar-refractivity contribution in [2.45, 2.75) is 27.7 Å². The number of amides is 2. The van der Waals surface area contributed by atoms with Gasteiger partial charge in [0.2, 0.25) is 0 Å². The molecule has 0 spiro atoms. The first-order valence-corrected chi connectivity index (χ1v) is 7.09. The van der Waals surface area contributed by atoms with Crippen molar-refractivity contribution in [2.75, 3.05) is 5.43 Å². The number of carbonyl (C=O) groups excluding carboxylic acids is 1. The number of aryl methyl sites for hydroxylation is 4. The average Bonchev–Trinajstić information content (AvgIpc) is 2.46. The lowest BCUT2D eigenvalue weighted by molar-refractivity contribution is 0.249. The van der Waals surface area contributed by atoms with Crippen molar-refractivity contribution in [1.29, 1.82) is 0 Å². The van der Waals surface area contributed by atoms with Crippen LogP contribution >= 0.6 is 0 Å². The van der Waals surface area contributed by atoms with Crippen LogP contribution in [-0.4, -0.2) is 6.03 Å². The highest BCUT2D eigenvalue weighted by molar-refractivity contribution is 5.77. The molecule has 2 rings (SSSR count). The Balaban J connectivity index is 2.03. The minimum absolute atomic E-state index is 0.537. The van der Waals surface area contributed by atoms with Gasteiger partial charge in [0.15, 0.2) is 0 Å². The lowest BCUT2D eigenvalue weighted by Gasteiger charge is -2.11. The van der Waals surface area contributed by atoms with E-state index in [-0.39, 0.29) is 0 Å². The van der Waals surface area contributed by atoms with Gasteiger partial charge in [-0.1, -0.05) is 41.5 Å². The number of hydrogen-bond acceptors (Lipinski definition) is 3. The van der Waals surface area contributed by atoms with E-state index < -0.39 is 6.03 Å². The second-order valence-corrected chi connectivity index (χ2v) is 5.26. The van der Waals surface area contributed by atoms with Crippen LogP contribution in [0.3, 0.4) is 0 Å². The van der Waals surface area contributed by atoms with Gasteiger partial charge in [-0.15, -0.1) is 5.11 Å². The van der Waals surface area contributed by atoms with Crippen molar-refractivity contribution >= 4 is 17.4 Å². The third-order valence-corrected chi connectivity index (χ3v) is 3.46. The molecule has 2 amide bonds. The maximum absolute atomic E-state index is 11.8. The molecule has 0 heterocycles. The number of benzene rings is 2. The summed E-state index contributed by atoms with van der Waals surface area (Å²) in [6.45, 7) is 7.82. The Morgan fingerprint density at radius 2 is 1.36 bits per heavy atom. The summed E-state index contributed by atoms with van der Waals surface area (Å²) in [6.07, 6.45) is 0. The van der Waals surface area contributed by atoms with Gasteiger partial charge in [-0.3, -0.25) is 5.43 Å². The van der Waals surface area contributed by atoms with Gasteiger partial charge >= 0.3 is 6.03 Å². The maximum Gasteiger partial charge on any atom is 0.378 e. The number of azo groups is 1. The quantitative estimate of drug-likeness (QED) is 0.634. The second-order valence-electron chi connectivity index (χ2n) is 5.26. The molecule has 0 atom stereocenters. The number of urea groups is 1. The van der Waals surface area contributed by atoms with E-state index in [0.29, 0.717) is 0 Å². The summed E-state index contributed by atoms with van der Waals surface area (Å²) in [6, 6.07) is 11.2. The molecule has 0 radical (unpaired) electrons. The lowest BCUT2D eigenvalue weighted by Crippen LogP contribution is -2.27. The third-order valence-electron chi connectivity index (χ3n) is 3.46. The van der Waals surface area contributed by atoms with Crippen LogP contribution in [0.25, 0.3) is 0 Å². The summed E-state index contributed by atoms with van der Waals surface area (Å²) >= 11 is 0. The Labute approximate surface area is 130 Å². The first kappa shape index (κ1) is 15.7. The lowest BCUT2D eigenvalue weighted by atomic mass is 10.1. The van der Waals surface area contributed by atoms with Gasteiger partial charge < -0.3 is 0 Å². The Morgan fingerprint density at radius 1 is 0.864 bits per heavy atom. The smallest absolute Gasteiger partial charge is 0.297 e. The van der Waals surface area contributed by atoms with E-state index in [9.17, 15) is 4.79 Å². The SMILES string of the molecule is Cc1cccc(C)c1N=NC(=O)NNc1c(C)cccc1C. The molecule has 0 saturated carbocycles. The van der Waals surface area contributed by atoms with Crippen LogP contribution < -0.4 is 10.9 Å². The zero-order valence-corrected chi connectivity index (χ0v) is 13.3. The van der Waals surface area contributed by atoms with E-state index in [0.717, 1.165) is 33.6 Å². The summed E-state index contributed by atoms with van der Waals surface area (Å²) in [4.78, 5) is 11.8. The first-order chi connectivity index (χ1) is 10.5. The highest BCUT2D eigenvalue weighted by atomic mass is 16.2. The molecule has 0 fully saturated rings. The number of nitrogens with one attached hydrogen (secondary N) is 2. The molecule has 5 nitrogen and oxygen atoms in total. The molecule has 22 heavy (non-hydrogen) atoms. The van der Waals surface area contributed by atoms with Gasteiger partial charge in [0.05, 0.1) is 11.4 Å². The van der Waals surface area contributed by atoms with E-state index in [2.05, 4.69) is 21.1 Å². The minimum atomic E-state index is -0.537. The molecule has 0 unspecified atom stereocenters. The van der Waals surface area contributed by atoms with Crippen molar-refractivity contribution in [3.63, 3.8) is 0 Å². The standard InChI is InChI=1S/C17H20N4O/c1-11-7-5-8-12(2)15(11)18-20-17(22)21-19-16-13(3)9-6-10-14(16)4/h5-10,18H,1-4H3,(H,20,22). The van der Waals surface area contributed by atoms with E-state index in [4.69, 9.17) is 0 Å². The highest BCUT2D eigenvalue weighted by Gasteiger charge is 2.04. The molecule has 0 aromatic heterocycles. The minimum Gasteiger partial charge on any atom is -0.297 e. The summed E-state index contributed by atoms with van der Waals surface area (Å²) in [5, 5.41) is 7.74. The van der Waals surface area contributed by atoms with Crippen LogP contribution in [0.5, 0.6) is 0 Å². The molecule has 0 saturated heterocycles. The zero-order chi connectivity index (χ0) is 16.1. The fraction of sp³-hybridized carbons (Fsp3) is 0.235. The molecule has 0 aliphatic heterocycles. The molecule has 5 heteroatoms. The maximum atomic E-state index is 11.8. The van der Waals surface area contributed by atoms with Gasteiger partial charge in [-0.2, -0.15) is 0 Å². The molecule has 0 bridgehead atoms. The van der Waals surface area contributed by atoms with Gasteiger partial charge in [-0.25, -0.2) is 10.2 Å². The number of carbonyl (C=O) groups is 1. The largest absolute Gasteiger partial charge is 0.378 e. The van der Waals surface area contributed by atoms with Crippen molar-refractivity contribution in [2.24, 2.45) is 10.2 Å². The summed E-state index contributed by atoms with van der Waals surface area (Å²) in [5.41, 5.74) is 11.1. The predicted molar refractivity (Wildman–Crippen MR) is 88.5 cm³/mol. The average molecular weight is 296 g/mol. The van der Waals surface area contributed by atoms with Crippen LogP contribution in [0.4, 0.5) is 16.2 Å². The predicted octanol–water partition coefficient (Wildman–Crippen LogP) is 4.74. The van der Waals surface area contributed by atoms with E-state index in [1.807, 2.05) is 64.1 Å². The van der Waals surface area contributed by atoms with Crippen LogP contribution in [0, 0.1) is 27.7 Å². The molecule has 2 aromatic carbocycles. The van der Waals surface area contributed by atoms with Crippen LogP contribution in [-0.2, 0) is 0 Å². The van der Waals surface area contributed by atoms with Gasteiger partial charge in [0.1, 0.15) is 0 Å². The summed E-state index contributed by atoms with van der Waals surface area (Å²) in [5.74, 6) is 0. The number of anilines is 1. The number of rotatable bonds is 3. The van der Waals surface area contributed by atoms with Crippen molar-refractivity contribution in [3.05, 3.63) is 58.7 Å². The van der Waals surface area contributed by atoms with Crippen molar-refractivity contribution in [1.82, 2.24) is 5.43 Å². The zero-order valence-electron chi connectivity index (χ0n) is 13.3.